The van der Waals surface area contributed by atoms with Crippen LogP contribution < -0.4 is 0 Å². The molecule has 0 saturated heterocycles. The Hall–Kier alpha value is -0.830. The molecule has 0 saturated carbocycles. The van der Waals surface area contributed by atoms with Crippen molar-refractivity contribution in [2.75, 3.05) is 13.7 Å². The van der Waals surface area contributed by atoms with Gasteiger partial charge in [0, 0.05) is 13.2 Å². The van der Waals surface area contributed by atoms with Gasteiger partial charge in [-0.1, -0.05) is 32.3 Å². The molecule has 3 heteroatoms. The highest BCUT2D eigenvalue weighted by atomic mass is 16.5. The summed E-state index contributed by atoms with van der Waals surface area (Å²) in [6, 6.07) is 0. The molecule has 0 aromatic carbocycles. The molecular formula is C13H24O3. The van der Waals surface area contributed by atoms with Crippen molar-refractivity contribution in [2.24, 2.45) is 0 Å². The maximum Gasteiger partial charge on any atom is 0.330 e. The lowest BCUT2D eigenvalue weighted by Crippen LogP contribution is -2.09. The molecule has 0 aromatic heterocycles. The third-order valence-corrected chi connectivity index (χ3v) is 2.40. The van der Waals surface area contributed by atoms with E-state index in [2.05, 4.69) is 6.92 Å². The van der Waals surface area contributed by atoms with Crippen molar-refractivity contribution in [3.05, 3.63) is 12.2 Å². The smallest absolute Gasteiger partial charge is 0.330 e. The molecule has 0 unspecified atom stereocenters. The van der Waals surface area contributed by atoms with Gasteiger partial charge < -0.3 is 9.47 Å². The van der Waals surface area contributed by atoms with Crippen molar-refractivity contribution in [1.29, 1.82) is 0 Å². The number of esters is 1. The van der Waals surface area contributed by atoms with Gasteiger partial charge in [-0.05, 0) is 19.8 Å². The Kier molecular flexibility index (Phi) is 10.1. The molecule has 0 aromatic rings. The number of carbonyl (C=O) groups excluding carboxylic acids is 1. The van der Waals surface area contributed by atoms with Crippen molar-refractivity contribution in [3.63, 3.8) is 0 Å². The first kappa shape index (κ1) is 15.2. The second-order valence-electron chi connectivity index (χ2n) is 3.74. The van der Waals surface area contributed by atoms with Crippen molar-refractivity contribution in [3.8, 4) is 0 Å². The number of hydrogen-bond acceptors (Lipinski definition) is 3. The summed E-state index contributed by atoms with van der Waals surface area (Å²) in [5, 5.41) is 0. The van der Waals surface area contributed by atoms with E-state index in [0.29, 0.717) is 6.61 Å². The monoisotopic (exact) mass is 228 g/mol. The van der Waals surface area contributed by atoms with Gasteiger partial charge in [0.05, 0.1) is 12.7 Å². The SMILES string of the molecule is CCCCC[C@@H](C/C=C/C(=O)OCC)OC. The fraction of sp³-hybridized carbons (Fsp3) is 0.769. The molecule has 0 fully saturated rings. The molecule has 94 valence electrons. The standard InChI is InChI=1S/C13H24O3/c1-4-6-7-9-12(15-3)10-8-11-13(14)16-5-2/h8,11-12H,4-7,9-10H2,1-3H3/b11-8+/t12-/m0/s1. The number of ether oxygens (including phenoxy) is 2. The normalized spacial score (nSPS) is 12.9. The van der Waals surface area contributed by atoms with E-state index in [0.717, 1.165) is 12.8 Å². The van der Waals surface area contributed by atoms with E-state index in [1.165, 1.54) is 25.3 Å². The van der Waals surface area contributed by atoms with Crippen LogP contribution in [-0.2, 0) is 14.3 Å². The Bertz CT molecular complexity index is 199. The zero-order valence-corrected chi connectivity index (χ0v) is 10.7. The molecule has 0 radical (unpaired) electrons. The highest BCUT2D eigenvalue weighted by Gasteiger charge is 2.04. The Balaban J connectivity index is 3.72. The first-order valence-corrected chi connectivity index (χ1v) is 6.10. The Morgan fingerprint density at radius 1 is 1.31 bits per heavy atom. The van der Waals surface area contributed by atoms with Gasteiger partial charge in [0.2, 0.25) is 0 Å². The number of methoxy groups -OCH3 is 1. The molecule has 1 atom stereocenters. The average Bonchev–Trinajstić information content (AvgIpc) is 2.27. The maximum absolute atomic E-state index is 11.0. The molecule has 0 rings (SSSR count). The Morgan fingerprint density at radius 2 is 2.06 bits per heavy atom. The first-order chi connectivity index (χ1) is 7.74. The van der Waals surface area contributed by atoms with E-state index in [4.69, 9.17) is 9.47 Å². The summed E-state index contributed by atoms with van der Waals surface area (Å²) in [7, 11) is 1.72. The highest BCUT2D eigenvalue weighted by Crippen LogP contribution is 2.10. The van der Waals surface area contributed by atoms with Crippen LogP contribution in [0.25, 0.3) is 0 Å². The van der Waals surface area contributed by atoms with E-state index < -0.39 is 0 Å². The fourth-order valence-corrected chi connectivity index (χ4v) is 1.46. The third kappa shape index (κ3) is 8.48. The lowest BCUT2D eigenvalue weighted by Gasteiger charge is -2.12. The summed E-state index contributed by atoms with van der Waals surface area (Å²) in [4.78, 5) is 11.0. The molecule has 16 heavy (non-hydrogen) atoms. The van der Waals surface area contributed by atoms with Gasteiger partial charge >= 0.3 is 5.97 Å². The molecule has 0 N–H and O–H groups in total. The third-order valence-electron chi connectivity index (χ3n) is 2.40. The summed E-state index contributed by atoms with van der Waals surface area (Å²) in [6.45, 7) is 4.41. The zero-order chi connectivity index (χ0) is 12.2. The number of carbonyl (C=O) groups is 1. The summed E-state index contributed by atoms with van der Waals surface area (Å²) < 4.78 is 10.1. The molecule has 0 aliphatic rings. The molecule has 0 spiro atoms. The molecule has 0 amide bonds. The van der Waals surface area contributed by atoms with Gasteiger partial charge in [-0.15, -0.1) is 0 Å². The summed E-state index contributed by atoms with van der Waals surface area (Å²) in [5.41, 5.74) is 0. The van der Waals surface area contributed by atoms with Crippen LogP contribution in [-0.4, -0.2) is 25.8 Å². The minimum absolute atomic E-state index is 0.220. The molecule has 0 aliphatic heterocycles. The van der Waals surface area contributed by atoms with E-state index >= 15 is 0 Å². The number of unbranched alkanes of at least 4 members (excludes halogenated alkanes) is 2. The highest BCUT2D eigenvalue weighted by molar-refractivity contribution is 5.81. The van der Waals surface area contributed by atoms with Gasteiger partial charge in [0.15, 0.2) is 0 Å². The minimum Gasteiger partial charge on any atom is -0.463 e. The zero-order valence-electron chi connectivity index (χ0n) is 10.7. The van der Waals surface area contributed by atoms with E-state index in [-0.39, 0.29) is 12.1 Å². The van der Waals surface area contributed by atoms with Crippen LogP contribution in [0.2, 0.25) is 0 Å². The molecule has 0 heterocycles. The number of rotatable bonds is 9. The summed E-state index contributed by atoms with van der Waals surface area (Å²) in [6.07, 6.45) is 9.00. The van der Waals surface area contributed by atoms with Crippen LogP contribution in [0.3, 0.4) is 0 Å². The molecule has 3 nitrogen and oxygen atoms in total. The molecule has 0 bridgehead atoms. The van der Waals surface area contributed by atoms with E-state index in [1.54, 1.807) is 14.0 Å². The van der Waals surface area contributed by atoms with Gasteiger partial charge in [-0.3, -0.25) is 0 Å². The molecule has 0 aliphatic carbocycles. The van der Waals surface area contributed by atoms with Gasteiger partial charge in [-0.2, -0.15) is 0 Å². The maximum atomic E-state index is 11.0. The van der Waals surface area contributed by atoms with Gasteiger partial charge in [-0.25, -0.2) is 4.79 Å². The van der Waals surface area contributed by atoms with Crippen LogP contribution in [0.5, 0.6) is 0 Å². The topological polar surface area (TPSA) is 35.5 Å². The van der Waals surface area contributed by atoms with Gasteiger partial charge in [0.25, 0.3) is 0 Å². The fourth-order valence-electron chi connectivity index (χ4n) is 1.46. The first-order valence-electron chi connectivity index (χ1n) is 6.10. The Labute approximate surface area is 98.8 Å². The lowest BCUT2D eigenvalue weighted by atomic mass is 10.1. The van der Waals surface area contributed by atoms with Crippen LogP contribution >= 0.6 is 0 Å². The molecular weight excluding hydrogens is 204 g/mol. The van der Waals surface area contributed by atoms with Crippen molar-refractivity contribution in [2.45, 2.75) is 52.1 Å². The van der Waals surface area contributed by atoms with Crippen LogP contribution in [0.1, 0.15) is 46.0 Å². The lowest BCUT2D eigenvalue weighted by molar-refractivity contribution is -0.137. The van der Waals surface area contributed by atoms with Crippen LogP contribution in [0.15, 0.2) is 12.2 Å². The van der Waals surface area contributed by atoms with Crippen molar-refractivity contribution >= 4 is 5.97 Å². The predicted octanol–water partition coefficient (Wildman–Crippen LogP) is 3.09. The second-order valence-corrected chi connectivity index (χ2v) is 3.74. The van der Waals surface area contributed by atoms with E-state index in [9.17, 15) is 4.79 Å². The van der Waals surface area contributed by atoms with Crippen LogP contribution in [0.4, 0.5) is 0 Å². The van der Waals surface area contributed by atoms with E-state index in [1.807, 2.05) is 6.08 Å². The Morgan fingerprint density at radius 3 is 2.62 bits per heavy atom. The predicted molar refractivity (Wildman–Crippen MR) is 65.3 cm³/mol. The number of hydrogen-bond donors (Lipinski definition) is 0. The minimum atomic E-state index is -0.272. The van der Waals surface area contributed by atoms with Crippen molar-refractivity contribution in [1.82, 2.24) is 0 Å². The van der Waals surface area contributed by atoms with Gasteiger partial charge in [0.1, 0.15) is 0 Å². The van der Waals surface area contributed by atoms with Crippen LogP contribution in [0, 0.1) is 0 Å². The summed E-state index contributed by atoms with van der Waals surface area (Å²) >= 11 is 0. The quantitative estimate of drug-likeness (QED) is 0.345. The summed E-state index contributed by atoms with van der Waals surface area (Å²) in [5.74, 6) is -0.272. The largest absolute Gasteiger partial charge is 0.463 e. The van der Waals surface area contributed by atoms with Crippen molar-refractivity contribution < 1.29 is 14.3 Å². The second kappa shape index (κ2) is 10.7. The average molecular weight is 228 g/mol.